The number of nitrogens with zero attached hydrogens (tertiary/aromatic N) is 2. The molecule has 0 bridgehead atoms. The van der Waals surface area contributed by atoms with Crippen molar-refractivity contribution in [1.82, 2.24) is 4.72 Å². The number of hydrogen-bond donors (Lipinski definition) is 2. The number of sulfonamides is 1. The molecule has 0 atom stereocenters. The lowest BCUT2D eigenvalue weighted by molar-refractivity contribution is -0.384. The number of benzene rings is 2. The lowest BCUT2D eigenvalue weighted by atomic mass is 10.2. The predicted molar refractivity (Wildman–Crippen MR) is 101 cm³/mol. The van der Waals surface area contributed by atoms with Gasteiger partial charge in [0.05, 0.1) is 15.5 Å². The van der Waals surface area contributed by atoms with E-state index < -0.39 is 26.5 Å². The van der Waals surface area contributed by atoms with Gasteiger partial charge in [0.25, 0.3) is 5.69 Å². The van der Waals surface area contributed by atoms with Crippen molar-refractivity contribution in [3.8, 4) is 0 Å². The van der Waals surface area contributed by atoms with Crippen molar-refractivity contribution >= 4 is 38.7 Å². The van der Waals surface area contributed by atoms with E-state index in [0.717, 1.165) is 12.1 Å². The zero-order valence-electron chi connectivity index (χ0n) is 14.8. The Hall–Kier alpha value is -3.05. The minimum atomic E-state index is -3.85. The highest BCUT2D eigenvalue weighted by molar-refractivity contribution is 7.89. The van der Waals surface area contributed by atoms with Crippen LogP contribution in [-0.4, -0.2) is 32.8 Å². The Morgan fingerprint density at radius 3 is 2.57 bits per heavy atom. The molecule has 0 radical (unpaired) electrons. The molecule has 2 N–H and O–H groups in total. The molecule has 1 heterocycles. The average molecular weight is 408 g/mol. The Labute approximate surface area is 160 Å². The van der Waals surface area contributed by atoms with Gasteiger partial charge in [0, 0.05) is 24.7 Å². The van der Waals surface area contributed by atoms with Crippen LogP contribution in [0.2, 0.25) is 0 Å². The number of carbonyl (C=O) groups excluding carboxylic acids is 1. The highest BCUT2D eigenvalue weighted by Crippen LogP contribution is 2.33. The van der Waals surface area contributed by atoms with Crippen LogP contribution in [0.25, 0.3) is 0 Å². The lowest BCUT2D eigenvalue weighted by Crippen LogP contribution is -2.24. The normalized spacial score (nSPS) is 14.4. The maximum absolute atomic E-state index is 14.2. The van der Waals surface area contributed by atoms with Gasteiger partial charge in [-0.2, -0.15) is 0 Å². The molecule has 1 aliphatic rings. The van der Waals surface area contributed by atoms with E-state index in [4.69, 9.17) is 0 Å². The molecule has 28 heavy (non-hydrogen) atoms. The topological polar surface area (TPSA) is 122 Å². The zero-order valence-corrected chi connectivity index (χ0v) is 15.6. The number of rotatable bonds is 6. The summed E-state index contributed by atoms with van der Waals surface area (Å²) >= 11 is 0. The first kappa shape index (κ1) is 19.7. The van der Waals surface area contributed by atoms with Crippen molar-refractivity contribution in [2.24, 2.45) is 0 Å². The van der Waals surface area contributed by atoms with E-state index in [-0.39, 0.29) is 22.2 Å². The summed E-state index contributed by atoms with van der Waals surface area (Å²) < 4.78 is 40.0. The summed E-state index contributed by atoms with van der Waals surface area (Å²) in [5.74, 6) is -0.769. The van der Waals surface area contributed by atoms with Crippen LogP contribution in [0.1, 0.15) is 12.8 Å². The Balaban J connectivity index is 1.97. The number of hydrogen-bond acceptors (Lipinski definition) is 6. The molecular weight excluding hydrogens is 391 g/mol. The number of halogens is 1. The second-order valence-electron chi connectivity index (χ2n) is 6.08. The lowest BCUT2D eigenvalue weighted by Gasteiger charge is -2.18. The minimum Gasteiger partial charge on any atom is -0.350 e. The smallest absolute Gasteiger partial charge is 0.294 e. The third-order valence-corrected chi connectivity index (χ3v) is 5.75. The fourth-order valence-electron chi connectivity index (χ4n) is 2.91. The molecule has 0 aliphatic carbocycles. The SMILES string of the molecule is CNS(=O)(=O)c1ccc(Nc2ccc(F)c(N3CCCC3=O)c2)c([N+](=O)[O-])c1. The predicted octanol–water partition coefficient (Wildman–Crippen LogP) is 2.51. The van der Waals surface area contributed by atoms with Gasteiger partial charge in [-0.15, -0.1) is 0 Å². The second kappa shape index (κ2) is 7.52. The minimum absolute atomic E-state index is 0.0327. The summed E-state index contributed by atoms with van der Waals surface area (Å²) in [5.41, 5.74) is -0.0160. The van der Waals surface area contributed by atoms with E-state index in [1.54, 1.807) is 0 Å². The molecule has 0 aromatic heterocycles. The summed E-state index contributed by atoms with van der Waals surface area (Å²) in [5, 5.41) is 14.2. The maximum atomic E-state index is 14.2. The van der Waals surface area contributed by atoms with Crippen LogP contribution in [0.3, 0.4) is 0 Å². The van der Waals surface area contributed by atoms with Crippen LogP contribution >= 0.6 is 0 Å². The summed E-state index contributed by atoms with van der Waals surface area (Å²) in [4.78, 5) is 23.6. The summed E-state index contributed by atoms with van der Waals surface area (Å²) in [6.45, 7) is 0.399. The molecule has 1 amide bonds. The fourth-order valence-corrected chi connectivity index (χ4v) is 3.66. The molecule has 11 heteroatoms. The highest BCUT2D eigenvalue weighted by Gasteiger charge is 2.25. The van der Waals surface area contributed by atoms with Gasteiger partial charge in [0.15, 0.2) is 0 Å². The number of nitro benzene ring substituents is 1. The van der Waals surface area contributed by atoms with E-state index in [2.05, 4.69) is 10.0 Å². The van der Waals surface area contributed by atoms with Gasteiger partial charge in [-0.1, -0.05) is 0 Å². The van der Waals surface area contributed by atoms with Crippen molar-refractivity contribution in [1.29, 1.82) is 0 Å². The largest absolute Gasteiger partial charge is 0.350 e. The molecule has 1 aliphatic heterocycles. The van der Waals surface area contributed by atoms with Gasteiger partial charge < -0.3 is 10.2 Å². The van der Waals surface area contributed by atoms with Gasteiger partial charge in [-0.25, -0.2) is 17.5 Å². The van der Waals surface area contributed by atoms with Gasteiger partial charge in [0.2, 0.25) is 15.9 Å². The number of nitro groups is 1. The summed E-state index contributed by atoms with van der Waals surface area (Å²) in [6, 6.07) is 7.33. The van der Waals surface area contributed by atoms with Crippen molar-refractivity contribution in [2.45, 2.75) is 17.7 Å². The zero-order chi connectivity index (χ0) is 20.5. The van der Waals surface area contributed by atoms with E-state index in [0.29, 0.717) is 25.1 Å². The van der Waals surface area contributed by atoms with Gasteiger partial charge >= 0.3 is 0 Å². The van der Waals surface area contributed by atoms with Crippen molar-refractivity contribution in [3.63, 3.8) is 0 Å². The van der Waals surface area contributed by atoms with Crippen molar-refractivity contribution < 1.29 is 22.5 Å². The van der Waals surface area contributed by atoms with Gasteiger partial charge in [0.1, 0.15) is 11.5 Å². The number of anilines is 3. The molecule has 148 valence electrons. The molecule has 0 spiro atoms. The first-order chi connectivity index (χ1) is 13.2. The monoisotopic (exact) mass is 408 g/mol. The molecule has 2 aromatic carbocycles. The van der Waals surface area contributed by atoms with Crippen molar-refractivity contribution in [3.05, 3.63) is 52.3 Å². The third-order valence-electron chi connectivity index (χ3n) is 4.33. The molecule has 1 saturated heterocycles. The van der Waals surface area contributed by atoms with Crippen LogP contribution in [0.5, 0.6) is 0 Å². The molecule has 9 nitrogen and oxygen atoms in total. The number of nitrogens with one attached hydrogen (secondary N) is 2. The van der Waals surface area contributed by atoms with Gasteiger partial charge in [-0.3, -0.25) is 14.9 Å². The van der Waals surface area contributed by atoms with E-state index in [9.17, 15) is 27.7 Å². The summed E-state index contributed by atoms with van der Waals surface area (Å²) in [6.07, 6.45) is 0.965. The van der Waals surface area contributed by atoms with E-state index >= 15 is 0 Å². The molecule has 0 unspecified atom stereocenters. The van der Waals surface area contributed by atoms with Crippen molar-refractivity contribution in [2.75, 3.05) is 23.8 Å². The van der Waals surface area contributed by atoms with Gasteiger partial charge in [-0.05, 0) is 43.8 Å². The quantitative estimate of drug-likeness (QED) is 0.559. The third kappa shape index (κ3) is 3.80. The Kier molecular flexibility index (Phi) is 5.29. The number of carbonyl (C=O) groups is 1. The summed E-state index contributed by atoms with van der Waals surface area (Å²) in [7, 11) is -2.65. The second-order valence-corrected chi connectivity index (χ2v) is 7.97. The van der Waals surface area contributed by atoms with Crippen LogP contribution < -0.4 is 14.9 Å². The molecular formula is C17H17FN4O5S. The molecule has 0 saturated carbocycles. The average Bonchev–Trinajstić information content (AvgIpc) is 3.09. The van der Waals surface area contributed by atoms with Crippen LogP contribution in [0.4, 0.5) is 27.1 Å². The fraction of sp³-hybridized carbons (Fsp3) is 0.235. The van der Waals surface area contributed by atoms with E-state index in [1.165, 1.54) is 36.2 Å². The van der Waals surface area contributed by atoms with Crippen LogP contribution in [0.15, 0.2) is 41.3 Å². The Bertz CT molecular complexity index is 1060. The number of amides is 1. The van der Waals surface area contributed by atoms with Crippen LogP contribution in [-0.2, 0) is 14.8 Å². The Morgan fingerprint density at radius 2 is 1.96 bits per heavy atom. The molecule has 2 aromatic rings. The van der Waals surface area contributed by atoms with E-state index in [1.807, 2.05) is 0 Å². The first-order valence-electron chi connectivity index (χ1n) is 8.32. The molecule has 3 rings (SSSR count). The maximum Gasteiger partial charge on any atom is 0.294 e. The first-order valence-corrected chi connectivity index (χ1v) is 9.80. The molecule has 1 fully saturated rings. The van der Waals surface area contributed by atoms with Crippen LogP contribution in [0, 0.1) is 15.9 Å². The standard InChI is InChI=1S/C17H17FN4O5S/c1-19-28(26,27)12-5-7-14(16(10-12)22(24)25)20-11-4-6-13(18)15(9-11)21-8-2-3-17(21)23/h4-7,9-10,19-20H,2-3,8H2,1H3. The highest BCUT2D eigenvalue weighted by atomic mass is 32.2. The Morgan fingerprint density at radius 1 is 1.21 bits per heavy atom.